The van der Waals surface area contributed by atoms with Crippen LogP contribution in [0.5, 0.6) is 0 Å². The number of nitrogens with two attached hydrogens (primary N) is 1. The molecule has 1 fully saturated rings. The molecule has 15 heavy (non-hydrogen) atoms. The van der Waals surface area contributed by atoms with E-state index >= 15 is 0 Å². The molecular weight excluding hydrogens is 190 g/mol. The summed E-state index contributed by atoms with van der Waals surface area (Å²) in [7, 11) is 0. The van der Waals surface area contributed by atoms with Crippen molar-refractivity contribution in [3.05, 3.63) is 17.8 Å². The summed E-state index contributed by atoms with van der Waals surface area (Å²) in [6, 6.07) is 3.66. The molecule has 82 valence electrons. The molecule has 2 rings (SSSR count). The number of aliphatic hydroxyl groups excluding tert-OH is 1. The quantitative estimate of drug-likeness (QED) is 0.692. The van der Waals surface area contributed by atoms with Gasteiger partial charge in [-0.1, -0.05) is 0 Å². The van der Waals surface area contributed by atoms with Gasteiger partial charge in [0, 0.05) is 6.54 Å². The maximum Gasteiger partial charge on any atom is 0.126 e. The number of hydrogen-bond acceptors (Lipinski definition) is 4. The van der Waals surface area contributed by atoms with E-state index in [1.807, 2.05) is 19.1 Å². The van der Waals surface area contributed by atoms with Crippen LogP contribution in [0.15, 0.2) is 12.1 Å². The van der Waals surface area contributed by atoms with Gasteiger partial charge in [0.05, 0.1) is 17.5 Å². The molecule has 0 aromatic carbocycles. The topological polar surface area (TPSA) is 71.2 Å². The van der Waals surface area contributed by atoms with Crippen LogP contribution in [0.1, 0.15) is 18.5 Å². The van der Waals surface area contributed by atoms with Crippen LogP contribution in [0.25, 0.3) is 0 Å². The summed E-state index contributed by atoms with van der Waals surface area (Å²) in [6.45, 7) is 2.44. The number of rotatable bonds is 4. The van der Waals surface area contributed by atoms with Gasteiger partial charge in [0.1, 0.15) is 5.82 Å². The van der Waals surface area contributed by atoms with Crippen LogP contribution in [0.3, 0.4) is 0 Å². The van der Waals surface area contributed by atoms with Crippen LogP contribution in [0, 0.1) is 12.8 Å². The zero-order valence-corrected chi connectivity index (χ0v) is 8.90. The smallest absolute Gasteiger partial charge is 0.126 e. The first-order chi connectivity index (χ1) is 7.16. The highest BCUT2D eigenvalue weighted by molar-refractivity contribution is 5.49. The number of aromatic nitrogens is 1. The zero-order valence-electron chi connectivity index (χ0n) is 8.90. The van der Waals surface area contributed by atoms with Crippen LogP contribution in [0.2, 0.25) is 0 Å². The van der Waals surface area contributed by atoms with E-state index in [4.69, 9.17) is 5.73 Å². The standard InChI is InChI=1S/C11H17N3O/c1-7-9(12)4-5-11(14-7)13-6-10(15)8-2-3-8/h4-5,8,10,15H,2-3,6,12H2,1H3,(H,13,14). The van der Waals surface area contributed by atoms with Crippen molar-refractivity contribution in [3.63, 3.8) is 0 Å². The zero-order chi connectivity index (χ0) is 10.8. The molecule has 0 amide bonds. The first-order valence-corrected chi connectivity index (χ1v) is 5.32. The van der Waals surface area contributed by atoms with Gasteiger partial charge >= 0.3 is 0 Å². The van der Waals surface area contributed by atoms with E-state index in [0.717, 1.165) is 24.4 Å². The minimum absolute atomic E-state index is 0.246. The van der Waals surface area contributed by atoms with Gasteiger partial charge in [0.15, 0.2) is 0 Å². The molecule has 0 saturated heterocycles. The Kier molecular flexibility index (Phi) is 2.77. The van der Waals surface area contributed by atoms with Gasteiger partial charge in [0.25, 0.3) is 0 Å². The van der Waals surface area contributed by atoms with E-state index in [-0.39, 0.29) is 6.10 Å². The second-order valence-corrected chi connectivity index (χ2v) is 4.16. The Balaban J connectivity index is 1.89. The van der Waals surface area contributed by atoms with Crippen molar-refractivity contribution in [1.82, 2.24) is 4.98 Å². The predicted molar refractivity (Wildman–Crippen MR) is 60.6 cm³/mol. The number of anilines is 2. The summed E-state index contributed by atoms with van der Waals surface area (Å²) >= 11 is 0. The minimum atomic E-state index is -0.246. The molecule has 1 unspecified atom stereocenters. The largest absolute Gasteiger partial charge is 0.397 e. The maximum absolute atomic E-state index is 9.66. The molecule has 1 heterocycles. The lowest BCUT2D eigenvalue weighted by molar-refractivity contribution is 0.164. The second-order valence-electron chi connectivity index (χ2n) is 4.16. The van der Waals surface area contributed by atoms with Crippen molar-refractivity contribution in [2.75, 3.05) is 17.6 Å². The molecule has 0 aliphatic heterocycles. The van der Waals surface area contributed by atoms with Gasteiger partial charge in [-0.15, -0.1) is 0 Å². The first-order valence-electron chi connectivity index (χ1n) is 5.32. The molecule has 0 spiro atoms. The Morgan fingerprint density at radius 3 is 2.93 bits per heavy atom. The molecule has 4 heteroatoms. The van der Waals surface area contributed by atoms with E-state index in [0.29, 0.717) is 18.2 Å². The number of pyridine rings is 1. The van der Waals surface area contributed by atoms with Crippen molar-refractivity contribution in [3.8, 4) is 0 Å². The summed E-state index contributed by atoms with van der Waals surface area (Å²) in [5, 5.41) is 12.8. The fraction of sp³-hybridized carbons (Fsp3) is 0.545. The van der Waals surface area contributed by atoms with E-state index in [9.17, 15) is 5.11 Å². The SMILES string of the molecule is Cc1nc(NCC(O)C2CC2)ccc1N. The fourth-order valence-corrected chi connectivity index (χ4v) is 1.53. The summed E-state index contributed by atoms with van der Waals surface area (Å²) in [4.78, 5) is 4.28. The van der Waals surface area contributed by atoms with Crippen molar-refractivity contribution < 1.29 is 5.11 Å². The number of nitrogen functional groups attached to an aromatic ring is 1. The third-order valence-electron chi connectivity index (χ3n) is 2.79. The minimum Gasteiger partial charge on any atom is -0.397 e. The Morgan fingerprint density at radius 1 is 1.60 bits per heavy atom. The van der Waals surface area contributed by atoms with Crippen LogP contribution < -0.4 is 11.1 Å². The number of aliphatic hydroxyl groups is 1. The molecule has 1 saturated carbocycles. The van der Waals surface area contributed by atoms with Crippen molar-refractivity contribution >= 4 is 11.5 Å². The van der Waals surface area contributed by atoms with E-state index in [1.165, 1.54) is 0 Å². The van der Waals surface area contributed by atoms with Crippen LogP contribution in [-0.2, 0) is 0 Å². The molecule has 0 bridgehead atoms. The highest BCUT2D eigenvalue weighted by Crippen LogP contribution is 2.32. The average molecular weight is 207 g/mol. The van der Waals surface area contributed by atoms with E-state index in [2.05, 4.69) is 10.3 Å². The monoisotopic (exact) mass is 207 g/mol. The van der Waals surface area contributed by atoms with Gasteiger partial charge in [-0.3, -0.25) is 0 Å². The van der Waals surface area contributed by atoms with Gasteiger partial charge in [-0.05, 0) is 37.8 Å². The van der Waals surface area contributed by atoms with Crippen molar-refractivity contribution in [2.45, 2.75) is 25.9 Å². The Hall–Kier alpha value is -1.29. The summed E-state index contributed by atoms with van der Waals surface area (Å²) in [5.74, 6) is 1.27. The second kappa shape index (κ2) is 4.06. The number of nitrogens with zero attached hydrogens (tertiary/aromatic N) is 1. The number of nitrogens with one attached hydrogen (secondary N) is 1. The first kappa shape index (κ1) is 10.2. The summed E-state index contributed by atoms with van der Waals surface area (Å²) < 4.78 is 0. The third kappa shape index (κ3) is 2.59. The van der Waals surface area contributed by atoms with E-state index < -0.39 is 0 Å². The van der Waals surface area contributed by atoms with Crippen molar-refractivity contribution in [2.24, 2.45) is 5.92 Å². The lowest BCUT2D eigenvalue weighted by Crippen LogP contribution is -2.21. The molecule has 4 nitrogen and oxygen atoms in total. The van der Waals surface area contributed by atoms with Crippen LogP contribution in [0.4, 0.5) is 11.5 Å². The normalized spacial score (nSPS) is 17.5. The highest BCUT2D eigenvalue weighted by Gasteiger charge is 2.29. The molecule has 1 aliphatic carbocycles. The molecule has 1 atom stereocenters. The lowest BCUT2D eigenvalue weighted by Gasteiger charge is -2.11. The molecule has 0 radical (unpaired) electrons. The van der Waals surface area contributed by atoms with Crippen LogP contribution >= 0.6 is 0 Å². The average Bonchev–Trinajstić information content (AvgIpc) is 3.03. The van der Waals surface area contributed by atoms with Gasteiger partial charge < -0.3 is 16.2 Å². The molecule has 4 N–H and O–H groups in total. The Labute approximate surface area is 89.5 Å². The molecule has 1 aromatic heterocycles. The van der Waals surface area contributed by atoms with Gasteiger partial charge in [-0.25, -0.2) is 4.98 Å². The fourth-order valence-electron chi connectivity index (χ4n) is 1.53. The highest BCUT2D eigenvalue weighted by atomic mass is 16.3. The molecular formula is C11H17N3O. The Morgan fingerprint density at radius 2 is 2.33 bits per heavy atom. The van der Waals surface area contributed by atoms with E-state index in [1.54, 1.807) is 0 Å². The van der Waals surface area contributed by atoms with Gasteiger partial charge in [0.2, 0.25) is 0 Å². The molecule has 1 aromatic rings. The number of aryl methyl sites for hydroxylation is 1. The van der Waals surface area contributed by atoms with Crippen molar-refractivity contribution in [1.29, 1.82) is 0 Å². The Bertz CT molecular complexity index is 350. The summed E-state index contributed by atoms with van der Waals surface area (Å²) in [5.41, 5.74) is 7.18. The maximum atomic E-state index is 9.66. The van der Waals surface area contributed by atoms with Crippen LogP contribution in [-0.4, -0.2) is 22.7 Å². The predicted octanol–water partition coefficient (Wildman–Crippen LogP) is 1.16. The molecule has 1 aliphatic rings. The lowest BCUT2D eigenvalue weighted by atomic mass is 10.2. The number of hydrogen-bond donors (Lipinski definition) is 3. The summed E-state index contributed by atoms with van der Waals surface area (Å²) in [6.07, 6.45) is 2.05. The third-order valence-corrected chi connectivity index (χ3v) is 2.79. The van der Waals surface area contributed by atoms with Gasteiger partial charge in [-0.2, -0.15) is 0 Å².